The molecular weight excluding hydrogens is 452 g/mol. The second kappa shape index (κ2) is 9.88. The van der Waals surface area contributed by atoms with E-state index in [1.807, 2.05) is 71.0 Å². The first-order valence-corrected chi connectivity index (χ1v) is 11.5. The van der Waals surface area contributed by atoms with Crippen molar-refractivity contribution < 1.29 is 9.53 Å². The van der Waals surface area contributed by atoms with E-state index in [1.54, 1.807) is 24.4 Å². The zero-order chi connectivity index (χ0) is 26.0. The number of amides is 1. The van der Waals surface area contributed by atoms with Crippen molar-refractivity contribution in [2.24, 2.45) is 0 Å². The summed E-state index contributed by atoms with van der Waals surface area (Å²) < 4.78 is 7.51. The van der Waals surface area contributed by atoms with Crippen molar-refractivity contribution in [1.29, 1.82) is 5.26 Å². The molecule has 0 saturated heterocycles. The zero-order valence-electron chi connectivity index (χ0n) is 20.8. The van der Waals surface area contributed by atoms with Crippen LogP contribution in [0.15, 0.2) is 65.1 Å². The van der Waals surface area contributed by atoms with E-state index >= 15 is 0 Å². The van der Waals surface area contributed by atoms with Gasteiger partial charge < -0.3 is 10.1 Å². The van der Waals surface area contributed by atoms with Crippen LogP contribution in [0.2, 0.25) is 0 Å². The van der Waals surface area contributed by atoms with Gasteiger partial charge in [-0.25, -0.2) is 0 Å². The summed E-state index contributed by atoms with van der Waals surface area (Å²) in [6.45, 7) is 9.63. The Kier molecular flexibility index (Phi) is 6.71. The lowest BCUT2D eigenvalue weighted by atomic mass is 10.1. The minimum absolute atomic E-state index is 0.00536. The number of rotatable bonds is 5. The highest BCUT2D eigenvalue weighted by molar-refractivity contribution is 6.09. The second-order valence-electron chi connectivity index (χ2n) is 8.74. The van der Waals surface area contributed by atoms with Crippen LogP contribution in [0.25, 0.3) is 11.7 Å². The Morgan fingerprint density at radius 1 is 1.00 bits per heavy atom. The molecule has 0 atom stereocenters. The SMILES string of the molecule is Cc1ccc(NC(=O)/C(C#N)=C\c2c(Oc3cccc(C)c3C)nc3c(C)cccn3c2=O)cc1C. The van der Waals surface area contributed by atoms with E-state index in [0.717, 1.165) is 27.8 Å². The number of carbonyl (C=O) groups excluding carboxylic acids is 1. The van der Waals surface area contributed by atoms with Crippen LogP contribution in [0.4, 0.5) is 5.69 Å². The Bertz CT molecular complexity index is 1640. The number of hydrogen-bond acceptors (Lipinski definition) is 5. The number of anilines is 1. The summed E-state index contributed by atoms with van der Waals surface area (Å²) in [6.07, 6.45) is 2.83. The zero-order valence-corrected chi connectivity index (χ0v) is 20.8. The summed E-state index contributed by atoms with van der Waals surface area (Å²) >= 11 is 0. The molecule has 2 aromatic heterocycles. The molecule has 0 aliphatic heterocycles. The number of benzene rings is 2. The minimum Gasteiger partial charge on any atom is -0.438 e. The molecule has 4 rings (SSSR count). The fraction of sp³-hybridized carbons (Fsp3) is 0.172. The third kappa shape index (κ3) is 4.75. The van der Waals surface area contributed by atoms with E-state index in [4.69, 9.17) is 4.74 Å². The highest BCUT2D eigenvalue weighted by Crippen LogP contribution is 2.29. The van der Waals surface area contributed by atoms with Gasteiger partial charge in [0.05, 0.1) is 0 Å². The number of nitrogens with zero attached hydrogens (tertiary/aromatic N) is 3. The summed E-state index contributed by atoms with van der Waals surface area (Å²) in [6, 6.07) is 16.6. The lowest BCUT2D eigenvalue weighted by Crippen LogP contribution is -2.21. The van der Waals surface area contributed by atoms with Gasteiger partial charge in [0.25, 0.3) is 11.5 Å². The molecule has 36 heavy (non-hydrogen) atoms. The summed E-state index contributed by atoms with van der Waals surface area (Å²) in [7, 11) is 0. The van der Waals surface area contributed by atoms with Gasteiger partial charge in [-0.05, 0) is 92.8 Å². The predicted octanol–water partition coefficient (Wildman–Crippen LogP) is 5.57. The lowest BCUT2D eigenvalue weighted by Gasteiger charge is -2.14. The third-order valence-electron chi connectivity index (χ3n) is 6.23. The van der Waals surface area contributed by atoms with Gasteiger partial charge in [0.1, 0.15) is 28.6 Å². The molecule has 0 spiro atoms. The van der Waals surface area contributed by atoms with Crippen molar-refractivity contribution in [3.05, 3.63) is 104 Å². The second-order valence-corrected chi connectivity index (χ2v) is 8.74. The van der Waals surface area contributed by atoms with Gasteiger partial charge in [-0.2, -0.15) is 10.2 Å². The first kappa shape index (κ1) is 24.4. The van der Waals surface area contributed by atoms with Crippen LogP contribution in [0.3, 0.4) is 0 Å². The smallest absolute Gasteiger partial charge is 0.269 e. The van der Waals surface area contributed by atoms with Gasteiger partial charge in [0.15, 0.2) is 0 Å². The van der Waals surface area contributed by atoms with Gasteiger partial charge in [0.2, 0.25) is 5.88 Å². The molecule has 2 aromatic carbocycles. The van der Waals surface area contributed by atoms with E-state index in [9.17, 15) is 14.9 Å². The summed E-state index contributed by atoms with van der Waals surface area (Å²) in [5.74, 6) is -0.0746. The number of fused-ring (bicyclic) bond motifs is 1. The van der Waals surface area contributed by atoms with Gasteiger partial charge >= 0.3 is 0 Å². The fourth-order valence-electron chi connectivity index (χ4n) is 3.74. The average Bonchev–Trinajstić information content (AvgIpc) is 2.85. The normalized spacial score (nSPS) is 11.3. The number of aromatic nitrogens is 2. The van der Waals surface area contributed by atoms with Crippen LogP contribution in [0.5, 0.6) is 11.6 Å². The summed E-state index contributed by atoms with van der Waals surface area (Å²) in [5, 5.41) is 12.5. The van der Waals surface area contributed by atoms with Crippen molar-refractivity contribution in [3.63, 3.8) is 0 Å². The number of aryl methyl sites for hydroxylation is 4. The Hall–Kier alpha value is -4.70. The van der Waals surface area contributed by atoms with Gasteiger partial charge in [-0.1, -0.05) is 24.3 Å². The molecule has 1 amide bonds. The van der Waals surface area contributed by atoms with Crippen LogP contribution in [0.1, 0.15) is 33.4 Å². The van der Waals surface area contributed by atoms with E-state index in [2.05, 4.69) is 10.3 Å². The Labute approximate surface area is 209 Å². The minimum atomic E-state index is -0.632. The molecule has 0 bridgehead atoms. The van der Waals surface area contributed by atoms with Gasteiger partial charge in [-0.3, -0.25) is 14.0 Å². The molecule has 1 N–H and O–H groups in total. The molecule has 0 saturated carbocycles. The van der Waals surface area contributed by atoms with Crippen molar-refractivity contribution in [3.8, 4) is 17.7 Å². The van der Waals surface area contributed by atoms with Crippen molar-refractivity contribution in [1.82, 2.24) is 9.38 Å². The molecule has 7 heteroatoms. The molecule has 0 aliphatic carbocycles. The fourth-order valence-corrected chi connectivity index (χ4v) is 3.74. The molecule has 0 radical (unpaired) electrons. The highest BCUT2D eigenvalue weighted by atomic mass is 16.5. The first-order chi connectivity index (χ1) is 17.2. The van der Waals surface area contributed by atoms with Crippen LogP contribution >= 0.6 is 0 Å². The molecule has 180 valence electrons. The summed E-state index contributed by atoms with van der Waals surface area (Å²) in [5.41, 5.74) is 5.08. The van der Waals surface area contributed by atoms with E-state index in [-0.39, 0.29) is 17.0 Å². The highest BCUT2D eigenvalue weighted by Gasteiger charge is 2.19. The number of ether oxygens (including phenoxy) is 1. The van der Waals surface area contributed by atoms with E-state index in [0.29, 0.717) is 17.1 Å². The first-order valence-electron chi connectivity index (χ1n) is 11.5. The predicted molar refractivity (Wildman–Crippen MR) is 140 cm³/mol. The van der Waals surface area contributed by atoms with Gasteiger partial charge in [-0.15, -0.1) is 0 Å². The van der Waals surface area contributed by atoms with Crippen molar-refractivity contribution in [2.75, 3.05) is 5.32 Å². The van der Waals surface area contributed by atoms with Crippen LogP contribution in [-0.4, -0.2) is 15.3 Å². The molecular formula is C29H26N4O3. The summed E-state index contributed by atoms with van der Waals surface area (Å²) in [4.78, 5) is 31.1. The third-order valence-corrected chi connectivity index (χ3v) is 6.23. The maximum absolute atomic E-state index is 13.5. The number of hydrogen-bond donors (Lipinski definition) is 1. The molecule has 2 heterocycles. The standard InChI is InChI=1S/C29H26N4O3/c1-17-11-12-23(14-20(17)4)31-27(34)22(16-30)15-24-28(36-25-10-6-8-18(2)21(25)5)32-26-19(3)9-7-13-33(26)29(24)35/h6-15H,1-5H3,(H,31,34)/b22-15-. The quantitative estimate of drug-likeness (QED) is 0.299. The van der Waals surface area contributed by atoms with Crippen LogP contribution in [0, 0.1) is 45.9 Å². The molecule has 0 aliphatic rings. The van der Waals surface area contributed by atoms with Crippen LogP contribution in [-0.2, 0) is 4.79 Å². The Morgan fingerprint density at radius 3 is 2.47 bits per heavy atom. The number of pyridine rings is 1. The topological polar surface area (TPSA) is 96.5 Å². The van der Waals surface area contributed by atoms with Gasteiger partial charge in [0, 0.05) is 11.9 Å². The van der Waals surface area contributed by atoms with E-state index in [1.165, 1.54) is 10.5 Å². The molecule has 0 fully saturated rings. The molecule has 7 nitrogen and oxygen atoms in total. The van der Waals surface area contributed by atoms with Crippen molar-refractivity contribution >= 4 is 23.3 Å². The largest absolute Gasteiger partial charge is 0.438 e. The van der Waals surface area contributed by atoms with Crippen molar-refractivity contribution in [2.45, 2.75) is 34.6 Å². The Balaban J connectivity index is 1.85. The molecule has 0 unspecified atom stereocenters. The Morgan fingerprint density at radius 2 is 1.75 bits per heavy atom. The van der Waals surface area contributed by atoms with Crippen LogP contribution < -0.4 is 15.6 Å². The number of carbonyl (C=O) groups is 1. The lowest BCUT2D eigenvalue weighted by molar-refractivity contribution is -0.112. The number of nitriles is 1. The maximum atomic E-state index is 13.5. The maximum Gasteiger partial charge on any atom is 0.269 e. The number of nitrogens with one attached hydrogen (secondary N) is 1. The monoisotopic (exact) mass is 478 g/mol. The van der Waals surface area contributed by atoms with E-state index < -0.39 is 11.5 Å². The molecule has 4 aromatic rings. The average molecular weight is 479 g/mol.